The van der Waals surface area contributed by atoms with Gasteiger partial charge >= 0.3 is 0 Å². The number of anilines is 2. The Hall–Kier alpha value is -1.96. The Kier molecular flexibility index (Phi) is 2.70. The molecule has 17 heavy (non-hydrogen) atoms. The molecule has 2 heteroatoms. The molecule has 0 spiro atoms. The lowest BCUT2D eigenvalue weighted by Crippen LogP contribution is -2.34. The Morgan fingerprint density at radius 1 is 0.882 bits per heavy atom. The fraction of sp³-hybridized carbons (Fsp3) is 0.200. The van der Waals surface area contributed by atoms with E-state index < -0.39 is 0 Å². The molecule has 3 rings (SSSR count). The van der Waals surface area contributed by atoms with Crippen LogP contribution in [0, 0.1) is 0 Å². The quantitative estimate of drug-likeness (QED) is 0.819. The maximum Gasteiger partial charge on any atom is 0.0578 e. The zero-order chi connectivity index (χ0) is 11.5. The number of benzene rings is 2. The Bertz CT molecular complexity index is 493. The Morgan fingerprint density at radius 3 is 2.41 bits per heavy atom. The van der Waals surface area contributed by atoms with E-state index in [9.17, 15) is 0 Å². The van der Waals surface area contributed by atoms with E-state index in [-0.39, 0.29) is 0 Å². The number of rotatable bonds is 2. The van der Waals surface area contributed by atoms with Crippen LogP contribution in [0.4, 0.5) is 11.4 Å². The highest BCUT2D eigenvalue weighted by Gasteiger charge is 2.16. The molecule has 2 aromatic carbocycles. The highest BCUT2D eigenvalue weighted by molar-refractivity contribution is 5.71. The van der Waals surface area contributed by atoms with E-state index in [1.165, 1.54) is 16.9 Å². The van der Waals surface area contributed by atoms with Crippen molar-refractivity contribution in [3.63, 3.8) is 0 Å². The molecule has 1 aliphatic heterocycles. The maximum absolute atomic E-state index is 3.58. The van der Waals surface area contributed by atoms with Crippen LogP contribution >= 0.6 is 0 Å². The Morgan fingerprint density at radius 2 is 1.59 bits per heavy atom. The summed E-state index contributed by atoms with van der Waals surface area (Å²) in [5, 5.41) is 7.05. The van der Waals surface area contributed by atoms with E-state index in [0.717, 1.165) is 13.0 Å². The zero-order valence-electron chi connectivity index (χ0n) is 9.69. The SMILES string of the molecule is c1ccc(C[C@H]2CNc3ccccc3N2)cc1. The third-order valence-electron chi connectivity index (χ3n) is 3.15. The van der Waals surface area contributed by atoms with Crippen molar-refractivity contribution in [3.8, 4) is 0 Å². The lowest BCUT2D eigenvalue weighted by molar-refractivity contribution is 0.734. The van der Waals surface area contributed by atoms with Crippen molar-refractivity contribution in [2.45, 2.75) is 12.5 Å². The third kappa shape index (κ3) is 2.26. The van der Waals surface area contributed by atoms with E-state index in [4.69, 9.17) is 0 Å². The van der Waals surface area contributed by atoms with Crippen LogP contribution in [0.15, 0.2) is 54.6 Å². The molecular formula is C15H16N2. The van der Waals surface area contributed by atoms with Gasteiger partial charge in [-0.2, -0.15) is 0 Å². The molecule has 0 bridgehead atoms. The lowest BCUT2D eigenvalue weighted by atomic mass is 10.0. The molecule has 0 aromatic heterocycles. The Balaban J connectivity index is 1.72. The van der Waals surface area contributed by atoms with Gasteiger partial charge in [-0.1, -0.05) is 42.5 Å². The first kappa shape index (κ1) is 10.2. The molecular weight excluding hydrogens is 208 g/mol. The molecule has 1 heterocycles. The molecule has 2 aromatic rings. The molecule has 1 aliphatic rings. The summed E-state index contributed by atoms with van der Waals surface area (Å²) in [7, 11) is 0. The van der Waals surface area contributed by atoms with Gasteiger partial charge in [0.1, 0.15) is 0 Å². The van der Waals surface area contributed by atoms with Crippen LogP contribution in [0.3, 0.4) is 0 Å². The van der Waals surface area contributed by atoms with Gasteiger partial charge < -0.3 is 10.6 Å². The minimum absolute atomic E-state index is 0.465. The number of para-hydroxylation sites is 2. The number of hydrogen-bond acceptors (Lipinski definition) is 2. The van der Waals surface area contributed by atoms with Crippen LogP contribution < -0.4 is 10.6 Å². The minimum atomic E-state index is 0.465. The lowest BCUT2D eigenvalue weighted by Gasteiger charge is -2.28. The highest BCUT2D eigenvalue weighted by atomic mass is 15.1. The fourth-order valence-corrected chi connectivity index (χ4v) is 2.29. The molecule has 2 N–H and O–H groups in total. The van der Waals surface area contributed by atoms with Crippen LogP contribution in [-0.4, -0.2) is 12.6 Å². The standard InChI is InChI=1S/C15H16N2/c1-2-6-12(7-3-1)10-13-11-16-14-8-4-5-9-15(14)17-13/h1-9,13,16-17H,10-11H2/t13-/m0/s1. The zero-order valence-corrected chi connectivity index (χ0v) is 9.69. The van der Waals surface area contributed by atoms with Crippen LogP contribution in [-0.2, 0) is 6.42 Å². The second-order valence-corrected chi connectivity index (χ2v) is 4.46. The second-order valence-electron chi connectivity index (χ2n) is 4.46. The van der Waals surface area contributed by atoms with Gasteiger partial charge in [0.15, 0.2) is 0 Å². The fourth-order valence-electron chi connectivity index (χ4n) is 2.29. The second kappa shape index (κ2) is 4.50. The van der Waals surface area contributed by atoms with Crippen molar-refractivity contribution in [3.05, 3.63) is 60.2 Å². The van der Waals surface area contributed by atoms with Gasteiger partial charge in [-0.05, 0) is 24.1 Å². The van der Waals surface area contributed by atoms with Crippen molar-refractivity contribution in [1.29, 1.82) is 0 Å². The molecule has 1 atom stereocenters. The van der Waals surface area contributed by atoms with Crippen molar-refractivity contribution in [2.24, 2.45) is 0 Å². The molecule has 0 saturated heterocycles. The summed E-state index contributed by atoms with van der Waals surface area (Å²) in [6, 6.07) is 19.5. The predicted molar refractivity (Wildman–Crippen MR) is 72.5 cm³/mol. The maximum atomic E-state index is 3.58. The smallest absolute Gasteiger partial charge is 0.0578 e. The molecule has 86 valence electrons. The van der Waals surface area contributed by atoms with Crippen molar-refractivity contribution < 1.29 is 0 Å². The first-order chi connectivity index (χ1) is 8.42. The number of fused-ring (bicyclic) bond motifs is 1. The Labute approximate surface area is 102 Å². The molecule has 0 radical (unpaired) electrons. The van der Waals surface area contributed by atoms with Gasteiger partial charge in [0.25, 0.3) is 0 Å². The summed E-state index contributed by atoms with van der Waals surface area (Å²) < 4.78 is 0. The van der Waals surface area contributed by atoms with Crippen LogP contribution in [0.1, 0.15) is 5.56 Å². The highest BCUT2D eigenvalue weighted by Crippen LogP contribution is 2.26. The minimum Gasteiger partial charge on any atom is -0.381 e. The normalized spacial score (nSPS) is 17.8. The molecule has 0 amide bonds. The summed E-state index contributed by atoms with van der Waals surface area (Å²) in [6.07, 6.45) is 1.06. The van der Waals surface area contributed by atoms with E-state index in [2.05, 4.69) is 65.2 Å². The van der Waals surface area contributed by atoms with E-state index in [1.54, 1.807) is 0 Å². The van der Waals surface area contributed by atoms with E-state index in [1.807, 2.05) is 0 Å². The summed E-state index contributed by atoms with van der Waals surface area (Å²) in [6.45, 7) is 0.978. The average molecular weight is 224 g/mol. The number of nitrogens with one attached hydrogen (secondary N) is 2. The van der Waals surface area contributed by atoms with Crippen LogP contribution in [0.2, 0.25) is 0 Å². The largest absolute Gasteiger partial charge is 0.381 e. The van der Waals surface area contributed by atoms with Gasteiger partial charge in [0, 0.05) is 12.6 Å². The predicted octanol–water partition coefficient (Wildman–Crippen LogP) is 3.14. The summed E-state index contributed by atoms with van der Waals surface area (Å²) >= 11 is 0. The first-order valence-corrected chi connectivity index (χ1v) is 6.05. The average Bonchev–Trinajstić information content (AvgIpc) is 2.40. The molecule has 0 fully saturated rings. The topological polar surface area (TPSA) is 24.1 Å². The first-order valence-electron chi connectivity index (χ1n) is 6.05. The van der Waals surface area contributed by atoms with Crippen molar-refractivity contribution >= 4 is 11.4 Å². The van der Waals surface area contributed by atoms with Gasteiger partial charge in [-0.25, -0.2) is 0 Å². The van der Waals surface area contributed by atoms with Gasteiger partial charge in [0.05, 0.1) is 11.4 Å². The van der Waals surface area contributed by atoms with E-state index >= 15 is 0 Å². The molecule has 2 nitrogen and oxygen atoms in total. The molecule has 0 aliphatic carbocycles. The van der Waals surface area contributed by atoms with Gasteiger partial charge in [-0.3, -0.25) is 0 Å². The summed E-state index contributed by atoms with van der Waals surface area (Å²) in [5.41, 5.74) is 3.79. The molecule has 0 saturated carbocycles. The van der Waals surface area contributed by atoms with Gasteiger partial charge in [-0.15, -0.1) is 0 Å². The van der Waals surface area contributed by atoms with Crippen LogP contribution in [0.25, 0.3) is 0 Å². The summed E-state index contributed by atoms with van der Waals surface area (Å²) in [4.78, 5) is 0. The van der Waals surface area contributed by atoms with Crippen molar-refractivity contribution in [1.82, 2.24) is 0 Å². The molecule has 0 unspecified atom stereocenters. The van der Waals surface area contributed by atoms with Gasteiger partial charge in [0.2, 0.25) is 0 Å². The van der Waals surface area contributed by atoms with Crippen LogP contribution in [0.5, 0.6) is 0 Å². The van der Waals surface area contributed by atoms with E-state index in [0.29, 0.717) is 6.04 Å². The monoisotopic (exact) mass is 224 g/mol. The van der Waals surface area contributed by atoms with Crippen molar-refractivity contribution in [2.75, 3.05) is 17.2 Å². The third-order valence-corrected chi connectivity index (χ3v) is 3.15. The summed E-state index contributed by atoms with van der Waals surface area (Å²) in [5.74, 6) is 0. The number of hydrogen-bond donors (Lipinski definition) is 2.